The second-order valence-electron chi connectivity index (χ2n) is 5.83. The summed E-state index contributed by atoms with van der Waals surface area (Å²) < 4.78 is 5.20. The van der Waals surface area contributed by atoms with Gasteiger partial charge in [-0.25, -0.2) is 10.4 Å². The summed E-state index contributed by atoms with van der Waals surface area (Å²) in [5, 5.41) is 4.92. The molecule has 3 aromatic rings. The van der Waals surface area contributed by atoms with E-state index in [4.69, 9.17) is 10.5 Å². The van der Waals surface area contributed by atoms with Crippen molar-refractivity contribution in [1.29, 1.82) is 0 Å². The Kier molecular flexibility index (Phi) is 5.56. The van der Waals surface area contributed by atoms with E-state index in [-0.39, 0.29) is 5.91 Å². The van der Waals surface area contributed by atoms with Crippen molar-refractivity contribution in [3.63, 3.8) is 0 Å². The summed E-state index contributed by atoms with van der Waals surface area (Å²) in [6.45, 7) is 0. The number of hydrogen-bond acceptors (Lipinski definition) is 5. The number of benzene rings is 2. The molecule has 3 N–H and O–H groups in total. The maximum absolute atomic E-state index is 12.0. The molecule has 3 rings (SSSR count). The summed E-state index contributed by atoms with van der Waals surface area (Å²) in [6.07, 6.45) is 1.95. The van der Waals surface area contributed by atoms with Crippen molar-refractivity contribution in [3.05, 3.63) is 71.9 Å². The van der Waals surface area contributed by atoms with Gasteiger partial charge in [0.25, 0.3) is 5.91 Å². The maximum Gasteiger partial charge on any atom is 0.257 e. The second kappa shape index (κ2) is 8.22. The van der Waals surface area contributed by atoms with Gasteiger partial charge in [0.2, 0.25) is 0 Å². The first-order chi connectivity index (χ1) is 12.7. The van der Waals surface area contributed by atoms with Gasteiger partial charge in [-0.05, 0) is 36.2 Å². The van der Waals surface area contributed by atoms with Crippen molar-refractivity contribution >= 4 is 23.0 Å². The van der Waals surface area contributed by atoms with E-state index >= 15 is 0 Å². The lowest BCUT2D eigenvalue weighted by atomic mass is 10.1. The Labute approximate surface area is 151 Å². The molecule has 0 aliphatic rings. The summed E-state index contributed by atoms with van der Waals surface area (Å²) in [6, 6.07) is 18.3. The minimum atomic E-state index is -0.661. The van der Waals surface area contributed by atoms with Gasteiger partial charge in [-0.2, -0.15) is 5.10 Å². The Morgan fingerprint density at radius 3 is 2.81 bits per heavy atom. The Hall–Kier alpha value is -3.25. The molecule has 0 aliphatic carbocycles. The van der Waals surface area contributed by atoms with Gasteiger partial charge in [-0.1, -0.05) is 36.4 Å². The van der Waals surface area contributed by atoms with Gasteiger partial charge >= 0.3 is 0 Å². The van der Waals surface area contributed by atoms with E-state index in [1.165, 1.54) is 6.21 Å². The predicted octanol–water partition coefficient (Wildman–Crippen LogP) is 2.26. The van der Waals surface area contributed by atoms with Crippen LogP contribution >= 0.6 is 0 Å². The molecule has 0 unspecified atom stereocenters. The summed E-state index contributed by atoms with van der Waals surface area (Å²) in [4.78, 5) is 16.5. The SMILES string of the molecule is COc1ccc2nc(/C=N\NC(=O)[C@@H](N)Cc3ccccc3)ccc2c1. The minimum absolute atomic E-state index is 0.337. The molecule has 6 nitrogen and oxygen atoms in total. The first kappa shape index (κ1) is 17.6. The molecular formula is C20H20N4O2. The van der Waals surface area contributed by atoms with E-state index in [1.54, 1.807) is 7.11 Å². The number of hydrogen-bond donors (Lipinski definition) is 2. The molecular weight excluding hydrogens is 328 g/mol. The van der Waals surface area contributed by atoms with Crippen molar-refractivity contribution in [2.24, 2.45) is 10.8 Å². The molecule has 132 valence electrons. The molecule has 0 saturated carbocycles. The van der Waals surface area contributed by atoms with Gasteiger partial charge < -0.3 is 10.5 Å². The number of nitrogens with one attached hydrogen (secondary N) is 1. The molecule has 6 heteroatoms. The van der Waals surface area contributed by atoms with Crippen LogP contribution < -0.4 is 15.9 Å². The lowest BCUT2D eigenvalue weighted by molar-refractivity contribution is -0.122. The van der Waals surface area contributed by atoms with Crippen LogP contribution in [0.3, 0.4) is 0 Å². The molecule has 1 amide bonds. The van der Waals surface area contributed by atoms with Gasteiger partial charge in [-0.15, -0.1) is 0 Å². The largest absolute Gasteiger partial charge is 0.497 e. The van der Waals surface area contributed by atoms with Crippen molar-refractivity contribution < 1.29 is 9.53 Å². The van der Waals surface area contributed by atoms with Crippen LogP contribution in [0.5, 0.6) is 5.75 Å². The number of nitrogens with two attached hydrogens (primary N) is 1. The first-order valence-corrected chi connectivity index (χ1v) is 8.23. The number of ether oxygens (including phenoxy) is 1. The third kappa shape index (κ3) is 4.43. The summed E-state index contributed by atoms with van der Waals surface area (Å²) in [5.41, 5.74) is 10.8. The van der Waals surface area contributed by atoms with Crippen LogP contribution in [0.4, 0.5) is 0 Å². The summed E-state index contributed by atoms with van der Waals surface area (Å²) >= 11 is 0. The Bertz CT molecular complexity index is 926. The van der Waals surface area contributed by atoms with Gasteiger partial charge in [0.05, 0.1) is 30.6 Å². The summed E-state index contributed by atoms with van der Waals surface area (Å²) in [7, 11) is 1.63. The fourth-order valence-electron chi connectivity index (χ4n) is 2.52. The Morgan fingerprint density at radius 1 is 1.23 bits per heavy atom. The highest BCUT2D eigenvalue weighted by Gasteiger charge is 2.13. The fraction of sp³-hybridized carbons (Fsp3) is 0.150. The number of methoxy groups -OCH3 is 1. The minimum Gasteiger partial charge on any atom is -0.497 e. The van der Waals surface area contributed by atoms with Crippen LogP contribution in [-0.4, -0.2) is 30.3 Å². The second-order valence-corrected chi connectivity index (χ2v) is 5.83. The first-order valence-electron chi connectivity index (χ1n) is 8.23. The monoisotopic (exact) mass is 348 g/mol. The number of nitrogens with zero attached hydrogens (tertiary/aromatic N) is 2. The Balaban J connectivity index is 1.60. The van der Waals surface area contributed by atoms with E-state index in [2.05, 4.69) is 15.5 Å². The number of pyridine rings is 1. The van der Waals surface area contributed by atoms with Crippen LogP contribution in [0, 0.1) is 0 Å². The number of carbonyl (C=O) groups is 1. The molecule has 1 aromatic heterocycles. The lowest BCUT2D eigenvalue weighted by Crippen LogP contribution is -2.39. The fourth-order valence-corrected chi connectivity index (χ4v) is 2.52. The molecule has 0 aliphatic heterocycles. The van der Waals surface area contributed by atoms with Crippen LogP contribution in [0.2, 0.25) is 0 Å². The molecule has 0 fully saturated rings. The number of fused-ring (bicyclic) bond motifs is 1. The molecule has 0 spiro atoms. The highest BCUT2D eigenvalue weighted by molar-refractivity contribution is 5.87. The molecule has 0 saturated heterocycles. The van der Waals surface area contributed by atoms with E-state index in [0.717, 1.165) is 22.2 Å². The molecule has 0 radical (unpaired) electrons. The zero-order valence-electron chi connectivity index (χ0n) is 14.4. The number of aromatic nitrogens is 1. The third-order valence-corrected chi connectivity index (χ3v) is 3.92. The summed E-state index contributed by atoms with van der Waals surface area (Å²) in [5.74, 6) is 0.441. The zero-order valence-corrected chi connectivity index (χ0v) is 14.4. The standard InChI is InChI=1S/C20H20N4O2/c1-26-17-9-10-19-15(12-17)7-8-16(23-19)13-22-24-20(25)18(21)11-14-5-3-2-4-6-14/h2-10,12-13,18H,11,21H2,1H3,(H,24,25)/b22-13-/t18-/m0/s1. The number of amides is 1. The third-order valence-electron chi connectivity index (χ3n) is 3.92. The zero-order chi connectivity index (χ0) is 18.4. The Morgan fingerprint density at radius 2 is 2.04 bits per heavy atom. The molecule has 1 atom stereocenters. The smallest absolute Gasteiger partial charge is 0.257 e. The van der Waals surface area contributed by atoms with Gasteiger partial charge in [0.1, 0.15) is 5.75 Å². The van der Waals surface area contributed by atoms with Crippen LogP contribution in [0.15, 0.2) is 65.8 Å². The van der Waals surface area contributed by atoms with E-state index in [1.807, 2.05) is 60.7 Å². The molecule has 0 bridgehead atoms. The maximum atomic E-state index is 12.0. The number of rotatable bonds is 6. The van der Waals surface area contributed by atoms with Gasteiger partial charge in [0, 0.05) is 5.39 Å². The average molecular weight is 348 g/mol. The molecule has 1 heterocycles. The van der Waals surface area contributed by atoms with Crippen LogP contribution in [0.1, 0.15) is 11.3 Å². The van der Waals surface area contributed by atoms with Crippen LogP contribution in [-0.2, 0) is 11.2 Å². The normalized spacial score (nSPS) is 12.2. The molecule has 26 heavy (non-hydrogen) atoms. The van der Waals surface area contributed by atoms with Crippen molar-refractivity contribution in [1.82, 2.24) is 10.4 Å². The predicted molar refractivity (Wildman–Crippen MR) is 102 cm³/mol. The number of hydrazone groups is 1. The van der Waals surface area contributed by atoms with E-state index in [9.17, 15) is 4.79 Å². The number of carbonyl (C=O) groups excluding carboxylic acids is 1. The highest BCUT2D eigenvalue weighted by atomic mass is 16.5. The van der Waals surface area contributed by atoms with Gasteiger partial charge in [-0.3, -0.25) is 4.79 Å². The van der Waals surface area contributed by atoms with E-state index in [0.29, 0.717) is 12.1 Å². The van der Waals surface area contributed by atoms with Crippen molar-refractivity contribution in [2.75, 3.05) is 7.11 Å². The average Bonchev–Trinajstić information content (AvgIpc) is 2.68. The van der Waals surface area contributed by atoms with Crippen molar-refractivity contribution in [2.45, 2.75) is 12.5 Å². The van der Waals surface area contributed by atoms with Crippen LogP contribution in [0.25, 0.3) is 10.9 Å². The lowest BCUT2D eigenvalue weighted by Gasteiger charge is -2.09. The topological polar surface area (TPSA) is 89.6 Å². The van der Waals surface area contributed by atoms with Crippen molar-refractivity contribution in [3.8, 4) is 5.75 Å². The highest BCUT2D eigenvalue weighted by Crippen LogP contribution is 2.19. The molecule has 2 aromatic carbocycles. The van der Waals surface area contributed by atoms with E-state index < -0.39 is 6.04 Å². The van der Waals surface area contributed by atoms with Gasteiger partial charge in [0.15, 0.2) is 0 Å². The quantitative estimate of drug-likeness (QED) is 0.528.